The molecule has 3 heterocycles. The number of aromatic nitrogens is 2. The van der Waals surface area contributed by atoms with Gasteiger partial charge in [-0.2, -0.15) is 0 Å². The topological polar surface area (TPSA) is 66.4 Å². The Kier molecular flexibility index (Phi) is 5.11. The number of likely N-dealkylation sites (tertiary alicyclic amines) is 2. The van der Waals surface area contributed by atoms with E-state index in [1.54, 1.807) is 4.90 Å². The summed E-state index contributed by atoms with van der Waals surface area (Å²) < 4.78 is 0. The Balaban J connectivity index is 1.60. The Morgan fingerprint density at radius 3 is 2.67 bits per heavy atom. The van der Waals surface area contributed by atoms with Crippen LogP contribution in [0.3, 0.4) is 0 Å². The summed E-state index contributed by atoms with van der Waals surface area (Å²) in [6.45, 7) is 6.26. The van der Waals surface area contributed by atoms with Gasteiger partial charge < -0.3 is 9.80 Å². The third-order valence-corrected chi connectivity index (χ3v) is 4.90. The maximum absolute atomic E-state index is 12.6. The van der Waals surface area contributed by atoms with E-state index in [9.17, 15) is 9.59 Å². The van der Waals surface area contributed by atoms with Gasteiger partial charge in [0.05, 0.1) is 6.54 Å². The summed E-state index contributed by atoms with van der Waals surface area (Å²) in [7, 11) is 0. The Hall–Kier alpha value is -1.98. The standard InChI is InChI=1S/C18H26N4O2/c1-13-10-14(2)20-18(19-13)15-7-9-22(11-15)17(24)12-21-8-5-3-4-6-16(21)23/h10,15H,3-9,11-12H2,1-2H3/t15-/m1/s1. The molecule has 0 saturated carbocycles. The van der Waals surface area contributed by atoms with Crippen LogP contribution in [-0.2, 0) is 9.59 Å². The van der Waals surface area contributed by atoms with Crippen LogP contribution in [0.1, 0.15) is 55.2 Å². The average molecular weight is 330 g/mol. The lowest BCUT2D eigenvalue weighted by Crippen LogP contribution is -2.41. The lowest BCUT2D eigenvalue weighted by atomic mass is 10.1. The van der Waals surface area contributed by atoms with E-state index in [1.165, 1.54) is 0 Å². The first-order chi connectivity index (χ1) is 11.5. The smallest absolute Gasteiger partial charge is 0.242 e. The molecular formula is C18H26N4O2. The summed E-state index contributed by atoms with van der Waals surface area (Å²) in [6, 6.07) is 1.96. The molecule has 0 aliphatic carbocycles. The highest BCUT2D eigenvalue weighted by molar-refractivity contribution is 5.85. The second-order valence-electron chi connectivity index (χ2n) is 6.96. The molecule has 0 radical (unpaired) electrons. The molecule has 1 aromatic heterocycles. The van der Waals surface area contributed by atoms with Gasteiger partial charge in [0.25, 0.3) is 0 Å². The quantitative estimate of drug-likeness (QED) is 0.848. The first-order valence-corrected chi connectivity index (χ1v) is 8.90. The van der Waals surface area contributed by atoms with E-state index in [0.717, 1.165) is 49.4 Å². The molecule has 0 bridgehead atoms. The first-order valence-electron chi connectivity index (χ1n) is 8.90. The molecule has 24 heavy (non-hydrogen) atoms. The van der Waals surface area contributed by atoms with Crippen LogP contribution < -0.4 is 0 Å². The molecule has 130 valence electrons. The Bertz CT molecular complexity index is 611. The second kappa shape index (κ2) is 7.28. The number of nitrogens with zero attached hydrogens (tertiary/aromatic N) is 4. The predicted molar refractivity (Wildman–Crippen MR) is 90.5 cm³/mol. The SMILES string of the molecule is Cc1cc(C)nc([C@@H]2CCN(C(=O)CN3CCCCCC3=O)C2)n1. The van der Waals surface area contributed by atoms with Crippen LogP contribution >= 0.6 is 0 Å². The molecule has 0 aromatic carbocycles. The van der Waals surface area contributed by atoms with Crippen LogP contribution in [-0.4, -0.2) is 57.8 Å². The van der Waals surface area contributed by atoms with Gasteiger partial charge in [-0.3, -0.25) is 9.59 Å². The number of carbonyl (C=O) groups excluding carboxylic acids is 2. The number of rotatable bonds is 3. The Labute approximate surface area is 143 Å². The van der Waals surface area contributed by atoms with Gasteiger partial charge in [-0.25, -0.2) is 9.97 Å². The molecule has 1 aromatic rings. The largest absolute Gasteiger partial charge is 0.340 e. The maximum Gasteiger partial charge on any atom is 0.242 e. The van der Waals surface area contributed by atoms with Gasteiger partial charge >= 0.3 is 0 Å². The van der Waals surface area contributed by atoms with Gasteiger partial charge in [-0.05, 0) is 39.2 Å². The third-order valence-electron chi connectivity index (χ3n) is 4.90. The summed E-state index contributed by atoms with van der Waals surface area (Å²) in [5.41, 5.74) is 1.94. The van der Waals surface area contributed by atoms with Gasteiger partial charge in [0, 0.05) is 43.4 Å². The summed E-state index contributed by atoms with van der Waals surface area (Å²) in [5, 5.41) is 0. The normalized spacial score (nSPS) is 21.9. The van der Waals surface area contributed by atoms with Crippen LogP contribution in [0.4, 0.5) is 0 Å². The molecule has 0 N–H and O–H groups in total. The monoisotopic (exact) mass is 330 g/mol. The molecule has 0 spiro atoms. The lowest BCUT2D eigenvalue weighted by Gasteiger charge is -2.24. The highest BCUT2D eigenvalue weighted by Gasteiger charge is 2.31. The van der Waals surface area contributed by atoms with Crippen molar-refractivity contribution >= 4 is 11.8 Å². The molecule has 6 heteroatoms. The van der Waals surface area contributed by atoms with Gasteiger partial charge in [-0.15, -0.1) is 0 Å². The van der Waals surface area contributed by atoms with Crippen molar-refractivity contribution in [2.75, 3.05) is 26.2 Å². The van der Waals surface area contributed by atoms with Crippen LogP contribution in [0.15, 0.2) is 6.07 Å². The van der Waals surface area contributed by atoms with E-state index in [0.29, 0.717) is 19.5 Å². The predicted octanol–water partition coefficient (Wildman–Crippen LogP) is 1.81. The van der Waals surface area contributed by atoms with E-state index >= 15 is 0 Å². The summed E-state index contributed by atoms with van der Waals surface area (Å²) in [4.78, 5) is 37.3. The number of aryl methyl sites for hydroxylation is 2. The fourth-order valence-corrected chi connectivity index (χ4v) is 3.60. The van der Waals surface area contributed by atoms with Crippen molar-refractivity contribution in [2.24, 2.45) is 0 Å². The summed E-state index contributed by atoms with van der Waals surface area (Å²) >= 11 is 0. The average Bonchev–Trinajstić information content (AvgIpc) is 2.94. The Morgan fingerprint density at radius 2 is 1.92 bits per heavy atom. The lowest BCUT2D eigenvalue weighted by molar-refractivity contribution is -0.139. The van der Waals surface area contributed by atoms with Gasteiger partial charge in [-0.1, -0.05) is 6.42 Å². The van der Waals surface area contributed by atoms with E-state index in [2.05, 4.69) is 9.97 Å². The number of carbonyl (C=O) groups is 2. The molecule has 2 aliphatic heterocycles. The van der Waals surface area contributed by atoms with E-state index in [4.69, 9.17) is 0 Å². The first kappa shape index (κ1) is 16.9. The molecule has 2 amide bonds. The second-order valence-corrected chi connectivity index (χ2v) is 6.96. The maximum atomic E-state index is 12.6. The Morgan fingerprint density at radius 1 is 1.17 bits per heavy atom. The van der Waals surface area contributed by atoms with Crippen LogP contribution in [0, 0.1) is 13.8 Å². The van der Waals surface area contributed by atoms with Crippen molar-refractivity contribution < 1.29 is 9.59 Å². The highest BCUT2D eigenvalue weighted by Crippen LogP contribution is 2.25. The minimum Gasteiger partial charge on any atom is -0.340 e. The number of hydrogen-bond donors (Lipinski definition) is 0. The number of amides is 2. The summed E-state index contributed by atoms with van der Waals surface area (Å²) in [6.07, 6.45) is 4.48. The third kappa shape index (κ3) is 3.91. The van der Waals surface area contributed by atoms with Crippen LogP contribution in [0.25, 0.3) is 0 Å². The highest BCUT2D eigenvalue weighted by atomic mass is 16.2. The van der Waals surface area contributed by atoms with Gasteiger partial charge in [0.15, 0.2) is 0 Å². The van der Waals surface area contributed by atoms with Crippen molar-refractivity contribution in [2.45, 2.75) is 51.9 Å². The molecular weight excluding hydrogens is 304 g/mol. The van der Waals surface area contributed by atoms with Gasteiger partial charge in [0.1, 0.15) is 5.82 Å². The zero-order chi connectivity index (χ0) is 17.1. The zero-order valence-corrected chi connectivity index (χ0v) is 14.6. The molecule has 1 atom stereocenters. The van der Waals surface area contributed by atoms with E-state index in [-0.39, 0.29) is 24.3 Å². The molecule has 3 rings (SSSR count). The van der Waals surface area contributed by atoms with Crippen molar-refractivity contribution in [1.29, 1.82) is 0 Å². The minimum atomic E-state index is 0.0529. The van der Waals surface area contributed by atoms with Crippen molar-refractivity contribution in [3.05, 3.63) is 23.3 Å². The fourth-order valence-electron chi connectivity index (χ4n) is 3.60. The molecule has 2 saturated heterocycles. The van der Waals surface area contributed by atoms with Crippen LogP contribution in [0.5, 0.6) is 0 Å². The minimum absolute atomic E-state index is 0.0529. The molecule has 0 unspecified atom stereocenters. The van der Waals surface area contributed by atoms with Gasteiger partial charge in [0.2, 0.25) is 11.8 Å². The summed E-state index contributed by atoms with van der Waals surface area (Å²) in [5.74, 6) is 1.22. The fraction of sp³-hybridized carbons (Fsp3) is 0.667. The molecule has 2 aliphatic rings. The molecule has 6 nitrogen and oxygen atoms in total. The zero-order valence-electron chi connectivity index (χ0n) is 14.6. The van der Waals surface area contributed by atoms with Crippen LogP contribution in [0.2, 0.25) is 0 Å². The van der Waals surface area contributed by atoms with E-state index in [1.807, 2.05) is 24.8 Å². The van der Waals surface area contributed by atoms with E-state index < -0.39 is 0 Å². The van der Waals surface area contributed by atoms with Crippen molar-refractivity contribution in [3.63, 3.8) is 0 Å². The molecule has 2 fully saturated rings. The van der Waals surface area contributed by atoms with Crippen molar-refractivity contribution in [1.82, 2.24) is 19.8 Å². The van der Waals surface area contributed by atoms with Crippen molar-refractivity contribution in [3.8, 4) is 0 Å². The number of hydrogen-bond acceptors (Lipinski definition) is 4.